The Kier molecular flexibility index (Phi) is 4.15. The average Bonchev–Trinajstić information content (AvgIpc) is 2.64. The van der Waals surface area contributed by atoms with Crippen LogP contribution in [0.3, 0.4) is 0 Å². The maximum absolute atomic E-state index is 12.3. The fourth-order valence-electron chi connectivity index (χ4n) is 1.32. The topological polar surface area (TPSA) is 60.4 Å². The second kappa shape index (κ2) is 5.23. The van der Waals surface area contributed by atoms with Crippen molar-refractivity contribution in [2.24, 2.45) is 4.99 Å². The zero-order valence-corrected chi connectivity index (χ0v) is 10.6. The molecule has 0 saturated heterocycles. The highest BCUT2D eigenvalue weighted by Gasteiger charge is 2.35. The van der Waals surface area contributed by atoms with Crippen LogP contribution in [0.2, 0.25) is 0 Å². The van der Waals surface area contributed by atoms with E-state index in [4.69, 9.17) is 0 Å². The van der Waals surface area contributed by atoms with Gasteiger partial charge in [0, 0.05) is 28.2 Å². The molecule has 18 heavy (non-hydrogen) atoms. The third-order valence-corrected chi connectivity index (χ3v) is 1.96. The Morgan fingerprint density at radius 3 is 2.17 bits per heavy atom. The van der Waals surface area contributed by atoms with E-state index in [-0.39, 0.29) is 12.4 Å². The number of hydrogen-bond donors (Lipinski definition) is 1. The van der Waals surface area contributed by atoms with E-state index in [1.807, 2.05) is 0 Å². The van der Waals surface area contributed by atoms with Gasteiger partial charge in [0.2, 0.25) is 0 Å². The highest BCUT2D eigenvalue weighted by Crippen LogP contribution is 2.25. The third kappa shape index (κ3) is 3.60. The molecule has 102 valence electrons. The van der Waals surface area contributed by atoms with Crippen molar-refractivity contribution in [1.29, 1.82) is 0 Å². The van der Waals surface area contributed by atoms with Gasteiger partial charge in [0.25, 0.3) is 5.82 Å². The van der Waals surface area contributed by atoms with Crippen LogP contribution in [-0.2, 0) is 12.7 Å². The zero-order valence-electron chi connectivity index (χ0n) is 10.6. The standard InChI is InChI=1S/C9H15F3N6/c1-17(2)8(18(3)4)13-5-6-14-7(16-15-6)9(10,11)12/h5H2,1-4H3,(H,14,15,16). The predicted molar refractivity (Wildman–Crippen MR) is 59.9 cm³/mol. The van der Waals surface area contributed by atoms with Gasteiger partial charge in [-0.1, -0.05) is 0 Å². The third-order valence-electron chi connectivity index (χ3n) is 1.96. The Bertz CT molecular complexity index is 410. The molecular formula is C9H15F3N6. The lowest BCUT2D eigenvalue weighted by Gasteiger charge is -2.22. The fourth-order valence-corrected chi connectivity index (χ4v) is 1.32. The largest absolute Gasteiger partial charge is 0.453 e. The summed E-state index contributed by atoms with van der Waals surface area (Å²) in [4.78, 5) is 11.0. The fraction of sp³-hybridized carbons (Fsp3) is 0.667. The summed E-state index contributed by atoms with van der Waals surface area (Å²) in [5, 5.41) is 5.32. The van der Waals surface area contributed by atoms with Crippen molar-refractivity contribution in [2.45, 2.75) is 12.7 Å². The van der Waals surface area contributed by atoms with E-state index >= 15 is 0 Å². The van der Waals surface area contributed by atoms with Crippen molar-refractivity contribution in [2.75, 3.05) is 28.2 Å². The summed E-state index contributed by atoms with van der Waals surface area (Å²) >= 11 is 0. The molecule has 0 aromatic carbocycles. The van der Waals surface area contributed by atoms with Crippen LogP contribution in [0.25, 0.3) is 0 Å². The normalized spacial score (nSPS) is 11.3. The molecule has 0 aliphatic heterocycles. The number of hydrogen-bond acceptors (Lipinski definition) is 3. The first kappa shape index (κ1) is 14.3. The molecule has 0 bridgehead atoms. The zero-order chi connectivity index (χ0) is 13.9. The van der Waals surface area contributed by atoms with Crippen LogP contribution in [0.1, 0.15) is 11.6 Å². The van der Waals surface area contributed by atoms with Crippen LogP contribution in [0, 0.1) is 0 Å². The van der Waals surface area contributed by atoms with Crippen molar-refractivity contribution in [3.8, 4) is 0 Å². The number of H-pyrrole nitrogens is 1. The Hall–Kier alpha value is -1.80. The molecule has 0 saturated carbocycles. The molecule has 0 radical (unpaired) electrons. The van der Waals surface area contributed by atoms with Gasteiger partial charge in [-0.3, -0.25) is 5.10 Å². The van der Waals surface area contributed by atoms with Crippen LogP contribution in [0.5, 0.6) is 0 Å². The summed E-state index contributed by atoms with van der Waals surface area (Å²) in [5.41, 5.74) is 0. The second-order valence-corrected chi connectivity index (χ2v) is 4.01. The minimum Gasteiger partial charge on any atom is -0.349 e. The summed E-state index contributed by atoms with van der Waals surface area (Å²) in [5.74, 6) is -0.479. The van der Waals surface area contributed by atoms with E-state index in [1.165, 1.54) is 0 Å². The van der Waals surface area contributed by atoms with Crippen LogP contribution in [-0.4, -0.2) is 59.1 Å². The van der Waals surface area contributed by atoms with Crippen molar-refractivity contribution < 1.29 is 13.2 Å². The monoisotopic (exact) mass is 264 g/mol. The second-order valence-electron chi connectivity index (χ2n) is 4.01. The lowest BCUT2D eigenvalue weighted by atomic mass is 10.5. The summed E-state index contributed by atoms with van der Waals surface area (Å²) < 4.78 is 36.8. The van der Waals surface area contributed by atoms with Crippen molar-refractivity contribution >= 4 is 5.96 Å². The lowest BCUT2D eigenvalue weighted by Crippen LogP contribution is -2.35. The Morgan fingerprint density at radius 2 is 1.78 bits per heavy atom. The predicted octanol–water partition coefficient (Wildman–Crippen LogP) is 0.803. The van der Waals surface area contributed by atoms with Gasteiger partial charge in [-0.05, 0) is 0 Å². The molecule has 0 fully saturated rings. The molecule has 0 aliphatic carbocycles. The van der Waals surface area contributed by atoms with E-state index in [2.05, 4.69) is 20.2 Å². The number of rotatable bonds is 2. The Morgan fingerprint density at radius 1 is 1.22 bits per heavy atom. The smallest absolute Gasteiger partial charge is 0.349 e. The van der Waals surface area contributed by atoms with E-state index in [9.17, 15) is 13.2 Å². The number of alkyl halides is 3. The van der Waals surface area contributed by atoms with E-state index in [1.54, 1.807) is 38.0 Å². The van der Waals surface area contributed by atoms with Crippen LogP contribution < -0.4 is 0 Å². The van der Waals surface area contributed by atoms with Crippen LogP contribution >= 0.6 is 0 Å². The first-order valence-corrected chi connectivity index (χ1v) is 5.09. The first-order valence-electron chi connectivity index (χ1n) is 5.09. The maximum atomic E-state index is 12.3. The number of aliphatic imine (C=N–C) groups is 1. The number of guanidine groups is 1. The number of aromatic amines is 1. The molecule has 1 aromatic rings. The summed E-state index contributed by atoms with van der Waals surface area (Å²) in [6.07, 6.45) is -4.54. The molecule has 0 aliphatic rings. The highest BCUT2D eigenvalue weighted by molar-refractivity contribution is 5.79. The molecule has 6 nitrogen and oxygen atoms in total. The van der Waals surface area contributed by atoms with Crippen molar-refractivity contribution in [1.82, 2.24) is 25.0 Å². The Balaban J connectivity index is 2.80. The van der Waals surface area contributed by atoms with Gasteiger partial charge in [-0.25, -0.2) is 9.98 Å². The SMILES string of the molecule is CN(C)C(=NCc1nc(C(F)(F)F)n[nH]1)N(C)C. The van der Waals surface area contributed by atoms with Crippen molar-refractivity contribution in [3.63, 3.8) is 0 Å². The van der Waals surface area contributed by atoms with Gasteiger partial charge < -0.3 is 9.80 Å². The summed E-state index contributed by atoms with van der Waals surface area (Å²) in [6, 6.07) is 0. The van der Waals surface area contributed by atoms with E-state index < -0.39 is 12.0 Å². The van der Waals surface area contributed by atoms with E-state index in [0.717, 1.165) is 0 Å². The lowest BCUT2D eigenvalue weighted by molar-refractivity contribution is -0.144. The molecule has 1 aromatic heterocycles. The van der Waals surface area contributed by atoms with Gasteiger partial charge in [0.1, 0.15) is 12.4 Å². The number of aromatic nitrogens is 3. The van der Waals surface area contributed by atoms with Gasteiger partial charge in [0.05, 0.1) is 0 Å². The molecule has 0 atom stereocenters. The number of nitrogens with zero attached hydrogens (tertiary/aromatic N) is 5. The van der Waals surface area contributed by atoms with Crippen LogP contribution in [0.4, 0.5) is 13.2 Å². The quantitative estimate of drug-likeness (QED) is 0.634. The molecule has 0 unspecified atom stereocenters. The molecule has 0 spiro atoms. The minimum atomic E-state index is -4.54. The highest BCUT2D eigenvalue weighted by atomic mass is 19.4. The van der Waals surface area contributed by atoms with Gasteiger partial charge in [0.15, 0.2) is 5.96 Å². The van der Waals surface area contributed by atoms with Gasteiger partial charge >= 0.3 is 6.18 Å². The van der Waals surface area contributed by atoms with Gasteiger partial charge in [-0.15, -0.1) is 5.10 Å². The molecule has 9 heteroatoms. The Labute approximate surface area is 103 Å². The number of nitrogens with one attached hydrogen (secondary N) is 1. The van der Waals surface area contributed by atoms with Gasteiger partial charge in [-0.2, -0.15) is 13.2 Å². The average molecular weight is 264 g/mol. The van der Waals surface area contributed by atoms with E-state index in [0.29, 0.717) is 5.96 Å². The molecular weight excluding hydrogens is 249 g/mol. The van der Waals surface area contributed by atoms with Crippen LogP contribution in [0.15, 0.2) is 4.99 Å². The minimum absolute atomic E-state index is 0.00870. The number of halogens is 3. The summed E-state index contributed by atoms with van der Waals surface area (Å²) in [7, 11) is 7.17. The summed E-state index contributed by atoms with van der Waals surface area (Å²) in [6.45, 7) is 0.00870. The molecule has 1 rings (SSSR count). The molecule has 1 N–H and O–H groups in total. The maximum Gasteiger partial charge on any atom is 0.453 e. The first-order chi connectivity index (χ1) is 8.21. The molecule has 1 heterocycles. The molecule has 0 amide bonds. The van der Waals surface area contributed by atoms with Crippen molar-refractivity contribution in [3.05, 3.63) is 11.6 Å².